The van der Waals surface area contributed by atoms with Crippen LogP contribution >= 0.6 is 11.7 Å². The van der Waals surface area contributed by atoms with E-state index in [0.29, 0.717) is 30.2 Å². The summed E-state index contributed by atoms with van der Waals surface area (Å²) in [5, 5.41) is 0. The molecule has 1 aromatic heterocycles. The Balaban J connectivity index is 1.32. The van der Waals surface area contributed by atoms with Gasteiger partial charge in [0.15, 0.2) is 0 Å². The van der Waals surface area contributed by atoms with Crippen molar-refractivity contribution < 1.29 is 13.2 Å². The second-order valence-corrected chi connectivity index (χ2v) is 11.3. The highest BCUT2D eigenvalue weighted by atomic mass is 32.2. The number of amides is 1. The van der Waals surface area contributed by atoms with E-state index < -0.39 is 10.0 Å². The number of sulfonamides is 1. The summed E-state index contributed by atoms with van der Waals surface area (Å²) in [4.78, 5) is 15.5. The fourth-order valence-electron chi connectivity index (χ4n) is 5.10. The van der Waals surface area contributed by atoms with Gasteiger partial charge < -0.3 is 4.90 Å². The summed E-state index contributed by atoms with van der Waals surface area (Å²) < 4.78 is 36.7. The lowest BCUT2D eigenvalue weighted by Gasteiger charge is -2.38. The van der Waals surface area contributed by atoms with Gasteiger partial charge in [0.2, 0.25) is 15.9 Å². The number of carbonyl (C=O) groups is 1. The van der Waals surface area contributed by atoms with Crippen LogP contribution in [0.1, 0.15) is 57.8 Å². The second kappa shape index (κ2) is 10.4. The van der Waals surface area contributed by atoms with Crippen molar-refractivity contribution in [2.45, 2.75) is 68.7 Å². The van der Waals surface area contributed by atoms with Crippen molar-refractivity contribution >= 4 is 38.7 Å². The number of nitrogens with zero attached hydrogens (tertiary/aromatic N) is 3. The van der Waals surface area contributed by atoms with E-state index in [2.05, 4.69) is 24.9 Å². The Labute approximate surface area is 194 Å². The normalized spacial score (nSPS) is 22.6. The van der Waals surface area contributed by atoms with E-state index in [1.165, 1.54) is 19.3 Å². The van der Waals surface area contributed by atoms with E-state index in [1.807, 2.05) is 6.08 Å². The number of rotatable bonds is 8. The Kier molecular flexibility index (Phi) is 7.58. The Morgan fingerprint density at radius 3 is 2.59 bits per heavy atom. The molecule has 174 valence electrons. The second-order valence-electron chi connectivity index (χ2n) is 9.03. The number of nitrogens with one attached hydrogen (secondary N) is 1. The summed E-state index contributed by atoms with van der Waals surface area (Å²) in [6.45, 7) is 4.87. The number of fused-ring (bicyclic) bond motifs is 1. The zero-order valence-corrected chi connectivity index (χ0v) is 20.0. The van der Waals surface area contributed by atoms with E-state index >= 15 is 0 Å². The molecule has 0 unspecified atom stereocenters. The quantitative estimate of drug-likeness (QED) is 0.579. The molecule has 2 aliphatic rings. The molecule has 0 spiro atoms. The van der Waals surface area contributed by atoms with Crippen LogP contribution in [0.3, 0.4) is 0 Å². The molecule has 2 aliphatic carbocycles. The molecule has 2 fully saturated rings. The molecule has 0 bridgehead atoms. The summed E-state index contributed by atoms with van der Waals surface area (Å²) in [6, 6.07) is 5.37. The molecule has 7 nitrogen and oxygen atoms in total. The first-order valence-corrected chi connectivity index (χ1v) is 13.8. The zero-order chi connectivity index (χ0) is 22.6. The van der Waals surface area contributed by atoms with Crippen LogP contribution in [0.2, 0.25) is 0 Å². The summed E-state index contributed by atoms with van der Waals surface area (Å²) in [5.41, 5.74) is 1.02. The van der Waals surface area contributed by atoms with Crippen LogP contribution in [-0.2, 0) is 14.8 Å². The Hall–Kier alpha value is -1.84. The van der Waals surface area contributed by atoms with Gasteiger partial charge in [0.1, 0.15) is 15.9 Å². The molecule has 1 N–H and O–H groups in total. The molecule has 0 radical (unpaired) electrons. The highest BCUT2D eigenvalue weighted by Gasteiger charge is 2.33. The lowest BCUT2D eigenvalue weighted by molar-refractivity contribution is -0.139. The monoisotopic (exact) mass is 476 g/mol. The van der Waals surface area contributed by atoms with Gasteiger partial charge in [-0.1, -0.05) is 31.4 Å². The Morgan fingerprint density at radius 1 is 1.12 bits per heavy atom. The van der Waals surface area contributed by atoms with Gasteiger partial charge in [-0.2, -0.15) is 8.75 Å². The van der Waals surface area contributed by atoms with Gasteiger partial charge in [0, 0.05) is 25.0 Å². The van der Waals surface area contributed by atoms with Crippen LogP contribution in [0.25, 0.3) is 11.0 Å². The first kappa shape index (κ1) is 23.3. The van der Waals surface area contributed by atoms with Gasteiger partial charge in [-0.05, 0) is 56.6 Å². The summed E-state index contributed by atoms with van der Waals surface area (Å²) >= 11 is 1.01. The first-order chi connectivity index (χ1) is 15.5. The molecule has 1 heterocycles. The van der Waals surface area contributed by atoms with Gasteiger partial charge in [0.05, 0.1) is 11.7 Å². The molecule has 4 rings (SSSR count). The van der Waals surface area contributed by atoms with E-state index in [-0.39, 0.29) is 22.6 Å². The van der Waals surface area contributed by atoms with Crippen molar-refractivity contribution in [2.75, 3.05) is 13.1 Å². The highest BCUT2D eigenvalue weighted by Crippen LogP contribution is 2.32. The van der Waals surface area contributed by atoms with Crippen molar-refractivity contribution in [1.82, 2.24) is 18.4 Å². The average molecular weight is 477 g/mol. The molecular weight excluding hydrogens is 444 g/mol. The van der Waals surface area contributed by atoms with Gasteiger partial charge in [-0.3, -0.25) is 4.79 Å². The summed E-state index contributed by atoms with van der Waals surface area (Å²) in [5.74, 6) is 0.544. The molecule has 1 aromatic carbocycles. The number of hydrogen-bond acceptors (Lipinski definition) is 6. The van der Waals surface area contributed by atoms with Gasteiger partial charge in [0.25, 0.3) is 0 Å². The molecular formula is C23H32N4O3S2. The Bertz CT molecular complexity index is 1040. The zero-order valence-electron chi connectivity index (χ0n) is 18.4. The maximum absolute atomic E-state index is 13.3. The van der Waals surface area contributed by atoms with Crippen molar-refractivity contribution in [3.05, 3.63) is 30.9 Å². The van der Waals surface area contributed by atoms with Crippen molar-refractivity contribution in [2.24, 2.45) is 11.8 Å². The van der Waals surface area contributed by atoms with E-state index in [0.717, 1.165) is 50.3 Å². The van der Waals surface area contributed by atoms with Crippen molar-refractivity contribution in [3.8, 4) is 0 Å². The topological polar surface area (TPSA) is 92.3 Å². The smallest absolute Gasteiger partial charge is 0.242 e. The van der Waals surface area contributed by atoms with E-state index in [1.54, 1.807) is 18.2 Å². The highest BCUT2D eigenvalue weighted by molar-refractivity contribution is 7.89. The number of benzene rings is 1. The minimum Gasteiger partial charge on any atom is -0.336 e. The molecule has 0 aliphatic heterocycles. The van der Waals surface area contributed by atoms with Crippen molar-refractivity contribution in [1.29, 1.82) is 0 Å². The van der Waals surface area contributed by atoms with Crippen LogP contribution in [-0.4, -0.2) is 47.1 Å². The maximum Gasteiger partial charge on any atom is 0.242 e. The predicted octanol–water partition coefficient (Wildman–Crippen LogP) is 4.12. The van der Waals surface area contributed by atoms with Gasteiger partial charge in [-0.25, -0.2) is 13.1 Å². The lowest BCUT2D eigenvalue weighted by atomic mass is 9.81. The number of hydrogen-bond donors (Lipinski definition) is 1. The summed E-state index contributed by atoms with van der Waals surface area (Å²) in [7, 11) is -3.65. The third-order valence-corrected chi connectivity index (χ3v) is 8.92. The van der Waals surface area contributed by atoms with Gasteiger partial charge >= 0.3 is 0 Å². The van der Waals surface area contributed by atoms with Gasteiger partial charge in [-0.15, -0.1) is 6.58 Å². The summed E-state index contributed by atoms with van der Waals surface area (Å²) in [6.07, 6.45) is 11.0. The number of aromatic nitrogens is 2. The average Bonchev–Trinajstić information content (AvgIpc) is 3.31. The van der Waals surface area contributed by atoms with Crippen LogP contribution in [0.5, 0.6) is 0 Å². The minimum atomic E-state index is -3.65. The molecule has 32 heavy (non-hydrogen) atoms. The van der Waals surface area contributed by atoms with Crippen molar-refractivity contribution in [3.63, 3.8) is 0 Å². The molecule has 9 heteroatoms. The standard InChI is InChI=1S/C23H32N4O3S2/c1-2-15-27(19-7-4-3-5-8-19)23(28)18-13-11-17(12-14-18)16-24-32(29,30)21-10-6-9-20-22(21)26-31-25-20/h2,6,9-10,17-19,24H,1,3-5,7-8,11-16H2. The molecule has 0 atom stereocenters. The molecule has 2 saturated carbocycles. The molecule has 2 aromatic rings. The van der Waals surface area contributed by atoms with Crippen LogP contribution in [0, 0.1) is 11.8 Å². The number of carbonyl (C=O) groups excluding carboxylic acids is 1. The fourth-order valence-corrected chi connectivity index (χ4v) is 6.98. The first-order valence-electron chi connectivity index (χ1n) is 11.6. The fraction of sp³-hybridized carbons (Fsp3) is 0.609. The lowest BCUT2D eigenvalue weighted by Crippen LogP contribution is -2.45. The molecule has 1 amide bonds. The third-order valence-electron chi connectivity index (χ3n) is 6.92. The van der Waals surface area contributed by atoms with Crippen LogP contribution in [0.4, 0.5) is 0 Å². The maximum atomic E-state index is 13.3. The largest absolute Gasteiger partial charge is 0.336 e. The Morgan fingerprint density at radius 2 is 1.88 bits per heavy atom. The van der Waals surface area contributed by atoms with E-state index in [9.17, 15) is 13.2 Å². The minimum absolute atomic E-state index is 0.0413. The van der Waals surface area contributed by atoms with Crippen LogP contribution < -0.4 is 4.72 Å². The van der Waals surface area contributed by atoms with Crippen LogP contribution in [0.15, 0.2) is 35.7 Å². The SMILES string of the molecule is C=CCN(C(=O)C1CCC(CNS(=O)(=O)c2cccc3nsnc23)CC1)C1CCCCC1. The predicted molar refractivity (Wildman–Crippen MR) is 127 cm³/mol. The molecule has 0 saturated heterocycles. The van der Waals surface area contributed by atoms with E-state index in [4.69, 9.17) is 0 Å². The third kappa shape index (κ3) is 5.21.